The fourth-order valence-electron chi connectivity index (χ4n) is 2.12. The third-order valence-electron chi connectivity index (χ3n) is 2.85. The van der Waals surface area contributed by atoms with Gasteiger partial charge < -0.3 is 0 Å². The summed E-state index contributed by atoms with van der Waals surface area (Å²) in [6.07, 6.45) is 6.07. The van der Waals surface area contributed by atoms with Crippen LogP contribution in [0.1, 0.15) is 30.9 Å². The highest BCUT2D eigenvalue weighted by atomic mass is 32.2. The van der Waals surface area contributed by atoms with E-state index in [1.165, 1.54) is 4.31 Å². The van der Waals surface area contributed by atoms with E-state index in [9.17, 15) is 8.42 Å². The minimum absolute atomic E-state index is 0.155. The molecule has 5 nitrogen and oxygen atoms in total. The molecule has 0 aromatic carbocycles. The first-order valence-corrected chi connectivity index (χ1v) is 6.79. The quantitative estimate of drug-likeness (QED) is 0.832. The largest absolute Gasteiger partial charge is 0.277 e. The van der Waals surface area contributed by atoms with Gasteiger partial charge in [0.2, 0.25) is 0 Å². The maximum absolute atomic E-state index is 11.5. The van der Waals surface area contributed by atoms with Crippen molar-refractivity contribution >= 4 is 10.2 Å². The first kappa shape index (κ1) is 11.5. The van der Waals surface area contributed by atoms with Crippen molar-refractivity contribution in [2.24, 2.45) is 5.14 Å². The van der Waals surface area contributed by atoms with Crippen LogP contribution >= 0.6 is 0 Å². The number of nitrogens with two attached hydrogens (primary N) is 1. The van der Waals surface area contributed by atoms with Crippen molar-refractivity contribution in [3.8, 4) is 0 Å². The van der Waals surface area contributed by atoms with E-state index in [-0.39, 0.29) is 6.04 Å². The van der Waals surface area contributed by atoms with Crippen LogP contribution in [0.15, 0.2) is 24.5 Å². The van der Waals surface area contributed by atoms with Crippen molar-refractivity contribution in [3.63, 3.8) is 0 Å². The minimum atomic E-state index is -3.62. The Labute approximate surface area is 95.5 Å². The summed E-state index contributed by atoms with van der Waals surface area (Å²) in [4.78, 5) is 4.01. The lowest BCUT2D eigenvalue weighted by molar-refractivity contribution is 0.256. The summed E-state index contributed by atoms with van der Waals surface area (Å²) in [5, 5.41) is 5.22. The molecule has 0 aliphatic carbocycles. The number of pyridine rings is 1. The van der Waals surface area contributed by atoms with Gasteiger partial charge in [-0.3, -0.25) is 4.98 Å². The van der Waals surface area contributed by atoms with Crippen molar-refractivity contribution in [1.29, 1.82) is 0 Å². The fourth-order valence-corrected chi connectivity index (χ4v) is 3.08. The molecule has 1 aliphatic heterocycles. The van der Waals surface area contributed by atoms with Gasteiger partial charge in [0.1, 0.15) is 0 Å². The zero-order valence-electron chi connectivity index (χ0n) is 8.91. The molecule has 0 spiro atoms. The van der Waals surface area contributed by atoms with Crippen LogP contribution in [0.5, 0.6) is 0 Å². The normalized spacial score (nSPS) is 23.2. The van der Waals surface area contributed by atoms with Gasteiger partial charge in [-0.25, -0.2) is 5.14 Å². The fraction of sp³-hybridized carbons (Fsp3) is 0.500. The van der Waals surface area contributed by atoms with Crippen LogP contribution in [0.4, 0.5) is 0 Å². The van der Waals surface area contributed by atoms with Crippen LogP contribution in [0, 0.1) is 0 Å². The van der Waals surface area contributed by atoms with Crippen LogP contribution in [0.25, 0.3) is 0 Å². The highest BCUT2D eigenvalue weighted by Crippen LogP contribution is 2.31. The molecule has 2 N–H and O–H groups in total. The number of nitrogens with zero attached hydrogens (tertiary/aromatic N) is 2. The smallest absolute Gasteiger partial charge is 0.264 e. The summed E-state index contributed by atoms with van der Waals surface area (Å²) in [6, 6.07) is 3.55. The second kappa shape index (κ2) is 4.48. The van der Waals surface area contributed by atoms with E-state index in [1.807, 2.05) is 12.1 Å². The molecule has 16 heavy (non-hydrogen) atoms. The van der Waals surface area contributed by atoms with Gasteiger partial charge in [-0.15, -0.1) is 0 Å². The Morgan fingerprint density at radius 1 is 1.44 bits per heavy atom. The number of aromatic nitrogens is 1. The number of hydrogen-bond donors (Lipinski definition) is 1. The summed E-state index contributed by atoms with van der Waals surface area (Å²) < 4.78 is 24.3. The van der Waals surface area contributed by atoms with Crippen molar-refractivity contribution < 1.29 is 8.42 Å². The first-order valence-electron chi connectivity index (χ1n) is 5.28. The van der Waals surface area contributed by atoms with Gasteiger partial charge >= 0.3 is 0 Å². The molecular weight excluding hydrogens is 226 g/mol. The Hall–Kier alpha value is -0.980. The average molecular weight is 241 g/mol. The van der Waals surface area contributed by atoms with Crippen LogP contribution < -0.4 is 5.14 Å². The third kappa shape index (κ3) is 2.40. The van der Waals surface area contributed by atoms with E-state index in [1.54, 1.807) is 12.4 Å². The van der Waals surface area contributed by atoms with Gasteiger partial charge in [-0.05, 0) is 24.5 Å². The second-order valence-corrected chi connectivity index (χ2v) is 5.45. The van der Waals surface area contributed by atoms with Crippen molar-refractivity contribution in [3.05, 3.63) is 30.1 Å². The predicted octanol–water partition coefficient (Wildman–Crippen LogP) is 0.812. The van der Waals surface area contributed by atoms with Crippen molar-refractivity contribution in [1.82, 2.24) is 9.29 Å². The lowest BCUT2D eigenvalue weighted by Gasteiger charge is -2.33. The van der Waals surface area contributed by atoms with Gasteiger partial charge in [0.25, 0.3) is 10.2 Å². The summed E-state index contributed by atoms with van der Waals surface area (Å²) in [7, 11) is -3.62. The monoisotopic (exact) mass is 241 g/mol. The van der Waals surface area contributed by atoms with E-state index in [2.05, 4.69) is 4.98 Å². The Morgan fingerprint density at radius 2 is 2.25 bits per heavy atom. The maximum Gasteiger partial charge on any atom is 0.277 e. The first-order chi connectivity index (χ1) is 7.59. The number of piperidine rings is 1. The lowest BCUT2D eigenvalue weighted by Crippen LogP contribution is -2.42. The Balaban J connectivity index is 2.31. The molecule has 6 heteroatoms. The molecule has 2 heterocycles. The molecule has 88 valence electrons. The van der Waals surface area contributed by atoms with Crippen LogP contribution in [0.3, 0.4) is 0 Å². The Morgan fingerprint density at radius 3 is 2.88 bits per heavy atom. The van der Waals surface area contributed by atoms with E-state index >= 15 is 0 Å². The molecule has 1 aromatic rings. The van der Waals surface area contributed by atoms with Gasteiger partial charge in [-0.2, -0.15) is 12.7 Å². The highest BCUT2D eigenvalue weighted by Gasteiger charge is 2.30. The molecule has 0 bridgehead atoms. The maximum atomic E-state index is 11.5. The zero-order chi connectivity index (χ0) is 11.6. The molecule has 1 unspecified atom stereocenters. The second-order valence-electron chi connectivity index (χ2n) is 3.95. The molecule has 1 saturated heterocycles. The Bertz CT molecular complexity index is 446. The van der Waals surface area contributed by atoms with E-state index < -0.39 is 10.2 Å². The summed E-state index contributed by atoms with van der Waals surface area (Å²) >= 11 is 0. The molecular formula is C10H15N3O2S. The van der Waals surface area contributed by atoms with Gasteiger partial charge in [0.05, 0.1) is 6.04 Å². The van der Waals surface area contributed by atoms with Gasteiger partial charge in [-0.1, -0.05) is 12.5 Å². The van der Waals surface area contributed by atoms with E-state index in [0.717, 1.165) is 24.8 Å². The number of hydrogen-bond acceptors (Lipinski definition) is 3. The summed E-state index contributed by atoms with van der Waals surface area (Å²) in [6.45, 7) is 0.498. The molecule has 1 aliphatic rings. The molecule has 1 atom stereocenters. The van der Waals surface area contributed by atoms with Crippen molar-refractivity contribution in [2.45, 2.75) is 25.3 Å². The lowest BCUT2D eigenvalue weighted by atomic mass is 9.99. The van der Waals surface area contributed by atoms with Crippen molar-refractivity contribution in [2.75, 3.05) is 6.54 Å². The van der Waals surface area contributed by atoms with Crippen LogP contribution in [-0.4, -0.2) is 24.3 Å². The van der Waals surface area contributed by atoms with Crippen LogP contribution in [0.2, 0.25) is 0 Å². The SMILES string of the molecule is NS(=O)(=O)N1CCCCC1c1cccnc1. The van der Waals surface area contributed by atoms with E-state index in [0.29, 0.717) is 6.54 Å². The Kier molecular flexibility index (Phi) is 3.22. The van der Waals surface area contributed by atoms with E-state index in [4.69, 9.17) is 5.14 Å². The highest BCUT2D eigenvalue weighted by molar-refractivity contribution is 7.86. The predicted molar refractivity (Wildman–Crippen MR) is 60.6 cm³/mol. The third-order valence-corrected chi connectivity index (χ3v) is 3.94. The van der Waals surface area contributed by atoms with Gasteiger partial charge in [0.15, 0.2) is 0 Å². The molecule has 2 rings (SSSR count). The number of rotatable bonds is 2. The minimum Gasteiger partial charge on any atom is -0.264 e. The summed E-state index contributed by atoms with van der Waals surface area (Å²) in [5.41, 5.74) is 0.913. The van der Waals surface area contributed by atoms with Gasteiger partial charge in [0, 0.05) is 18.9 Å². The molecule has 1 aromatic heterocycles. The van der Waals surface area contributed by atoms with Crippen LogP contribution in [-0.2, 0) is 10.2 Å². The molecule has 0 radical (unpaired) electrons. The standard InChI is InChI=1S/C10H15N3O2S/c11-16(14,15)13-7-2-1-5-10(13)9-4-3-6-12-8-9/h3-4,6,8,10H,1-2,5,7H2,(H2,11,14,15). The summed E-state index contributed by atoms with van der Waals surface area (Å²) in [5.74, 6) is 0. The topological polar surface area (TPSA) is 76.3 Å². The molecule has 0 saturated carbocycles. The average Bonchev–Trinajstić information content (AvgIpc) is 2.29. The zero-order valence-corrected chi connectivity index (χ0v) is 9.73. The molecule has 0 amide bonds. The molecule has 1 fully saturated rings.